The molecule has 0 atom stereocenters. The molecule has 1 aliphatic rings. The second-order valence-electron chi connectivity index (χ2n) is 4.18. The van der Waals surface area contributed by atoms with Crippen molar-refractivity contribution in [3.8, 4) is 0 Å². The molecular formula is C12H11ClFN3O2. The van der Waals surface area contributed by atoms with Gasteiger partial charge < -0.3 is 10.8 Å². The molecule has 1 aliphatic carbocycles. The number of hydrogen-bond acceptors (Lipinski definition) is 4. The van der Waals surface area contributed by atoms with Gasteiger partial charge in [-0.3, -0.25) is 0 Å². The Morgan fingerprint density at radius 2 is 2.32 bits per heavy atom. The average molecular weight is 284 g/mol. The first-order valence-corrected chi connectivity index (χ1v) is 5.89. The largest absolute Gasteiger partial charge is 0.477 e. The van der Waals surface area contributed by atoms with Crippen LogP contribution in [0.2, 0.25) is 5.02 Å². The zero-order chi connectivity index (χ0) is 14.0. The summed E-state index contributed by atoms with van der Waals surface area (Å²) < 4.78 is 13.7. The number of allylic oxidation sites excluding steroid dienone is 1. The van der Waals surface area contributed by atoms with Crippen molar-refractivity contribution in [1.29, 1.82) is 0 Å². The van der Waals surface area contributed by atoms with Crippen LogP contribution in [0.5, 0.6) is 0 Å². The normalized spacial score (nSPS) is 18.2. The maximum Gasteiger partial charge on any atom is 0.354 e. The minimum absolute atomic E-state index is 0.0503. The van der Waals surface area contributed by atoms with Crippen LogP contribution >= 0.6 is 11.6 Å². The van der Waals surface area contributed by atoms with Crippen LogP contribution in [0.3, 0.4) is 0 Å². The molecule has 7 heteroatoms. The lowest BCUT2D eigenvalue weighted by atomic mass is 10.2. The first-order chi connectivity index (χ1) is 8.92. The van der Waals surface area contributed by atoms with Gasteiger partial charge in [-0.1, -0.05) is 11.6 Å². The molecule has 0 bridgehead atoms. The molecule has 2 rings (SSSR count). The number of alkyl halides is 1. The summed E-state index contributed by atoms with van der Waals surface area (Å²) in [5.74, 6) is -1.27. The third-order valence-corrected chi connectivity index (χ3v) is 2.98. The van der Waals surface area contributed by atoms with E-state index in [4.69, 9.17) is 22.4 Å². The fourth-order valence-electron chi connectivity index (χ4n) is 1.39. The van der Waals surface area contributed by atoms with E-state index in [9.17, 15) is 9.18 Å². The number of nitrogens with two attached hydrogens (primary N) is 1. The maximum atomic E-state index is 13.7. The number of rotatable bonds is 4. The highest BCUT2D eigenvalue weighted by atomic mass is 35.5. The Kier molecular flexibility index (Phi) is 3.53. The summed E-state index contributed by atoms with van der Waals surface area (Å²) in [6, 6.07) is 3.12. The Morgan fingerprint density at radius 1 is 1.63 bits per heavy atom. The molecule has 19 heavy (non-hydrogen) atoms. The second-order valence-corrected chi connectivity index (χ2v) is 4.58. The summed E-state index contributed by atoms with van der Waals surface area (Å²) in [4.78, 5) is 18.7. The maximum absolute atomic E-state index is 13.7. The average Bonchev–Trinajstić information content (AvgIpc) is 3.10. The fraction of sp³-hybridized carbons (Fsp3) is 0.250. The number of carbonyl (C=O) groups is 1. The molecule has 3 N–H and O–H groups in total. The first-order valence-electron chi connectivity index (χ1n) is 5.51. The first kappa shape index (κ1) is 13.5. The number of pyridine rings is 1. The summed E-state index contributed by atoms with van der Waals surface area (Å²) in [6.45, 7) is 0. The summed E-state index contributed by atoms with van der Waals surface area (Å²) in [5, 5.41) is 9.24. The molecule has 0 unspecified atom stereocenters. The summed E-state index contributed by atoms with van der Waals surface area (Å²) in [6.07, 6.45) is 3.04. The highest BCUT2D eigenvalue weighted by molar-refractivity contribution is 6.41. The Bertz CT molecular complexity index is 582. The third kappa shape index (κ3) is 3.08. The van der Waals surface area contributed by atoms with E-state index in [2.05, 4.69) is 9.98 Å². The molecule has 1 saturated carbocycles. The number of aliphatic carboxylic acids is 1. The summed E-state index contributed by atoms with van der Waals surface area (Å²) in [5.41, 5.74) is 3.40. The Labute approximate surface area is 113 Å². The summed E-state index contributed by atoms with van der Waals surface area (Å²) in [7, 11) is 0. The predicted octanol–water partition coefficient (Wildman–Crippen LogP) is 2.24. The van der Waals surface area contributed by atoms with Gasteiger partial charge in [0.05, 0.1) is 5.02 Å². The van der Waals surface area contributed by atoms with Crippen molar-refractivity contribution >= 4 is 29.1 Å². The smallest absolute Gasteiger partial charge is 0.354 e. The zero-order valence-electron chi connectivity index (χ0n) is 9.81. The second kappa shape index (κ2) is 4.97. The lowest BCUT2D eigenvalue weighted by Crippen LogP contribution is -2.19. The Hall–Kier alpha value is -1.95. The van der Waals surface area contributed by atoms with E-state index in [1.54, 1.807) is 6.07 Å². The molecule has 0 aliphatic heterocycles. The molecule has 1 fully saturated rings. The number of carboxylic acids is 1. The number of halogens is 2. The van der Waals surface area contributed by atoms with E-state index in [-0.39, 0.29) is 16.5 Å². The number of nitrogens with zero attached hydrogens (tertiary/aromatic N) is 2. The van der Waals surface area contributed by atoms with Gasteiger partial charge in [0.2, 0.25) is 0 Å². The van der Waals surface area contributed by atoms with Crippen LogP contribution in [0.25, 0.3) is 0 Å². The predicted molar refractivity (Wildman–Crippen MR) is 69.3 cm³/mol. The van der Waals surface area contributed by atoms with Crippen molar-refractivity contribution in [1.82, 2.24) is 4.98 Å². The minimum atomic E-state index is -1.59. The quantitative estimate of drug-likeness (QED) is 0.829. The van der Waals surface area contributed by atoms with Gasteiger partial charge in [-0.05, 0) is 31.1 Å². The van der Waals surface area contributed by atoms with E-state index >= 15 is 0 Å². The van der Waals surface area contributed by atoms with Gasteiger partial charge in [0.15, 0.2) is 11.5 Å². The zero-order valence-corrected chi connectivity index (χ0v) is 10.6. The van der Waals surface area contributed by atoms with Crippen molar-refractivity contribution in [3.05, 3.63) is 35.1 Å². The van der Waals surface area contributed by atoms with E-state index in [1.807, 2.05) is 0 Å². The number of aliphatic imine (C=N–C) groups is 1. The molecule has 0 amide bonds. The molecule has 5 nitrogen and oxygen atoms in total. The standard InChI is InChI=1S/C12H11ClFN3O2/c13-7-2-1-5-16-10(7)17-8(11(18)19)6-9(15)12(14)3-4-12/h1-2,5-6H,3-4,15H2,(H,18,19)/b9-6-,17-8-. The van der Waals surface area contributed by atoms with Gasteiger partial charge in [0.1, 0.15) is 5.67 Å². The molecule has 0 radical (unpaired) electrons. The molecule has 0 saturated heterocycles. The third-order valence-electron chi connectivity index (χ3n) is 2.68. The number of hydrogen-bond donors (Lipinski definition) is 2. The molecule has 1 aromatic heterocycles. The van der Waals surface area contributed by atoms with E-state index in [1.165, 1.54) is 12.3 Å². The van der Waals surface area contributed by atoms with Crippen molar-refractivity contribution in [2.75, 3.05) is 0 Å². The monoisotopic (exact) mass is 283 g/mol. The van der Waals surface area contributed by atoms with Gasteiger partial charge in [-0.15, -0.1) is 0 Å². The van der Waals surface area contributed by atoms with Crippen LogP contribution in [-0.4, -0.2) is 27.4 Å². The lowest BCUT2D eigenvalue weighted by Gasteiger charge is -2.05. The van der Waals surface area contributed by atoms with Crippen LogP contribution in [0, 0.1) is 0 Å². The van der Waals surface area contributed by atoms with E-state index in [0.717, 1.165) is 6.08 Å². The molecule has 100 valence electrons. The van der Waals surface area contributed by atoms with Crippen LogP contribution in [0.15, 0.2) is 35.1 Å². The Morgan fingerprint density at radius 3 is 2.84 bits per heavy atom. The van der Waals surface area contributed by atoms with Crippen LogP contribution in [0.4, 0.5) is 10.2 Å². The number of aromatic nitrogens is 1. The summed E-state index contributed by atoms with van der Waals surface area (Å²) >= 11 is 5.82. The van der Waals surface area contributed by atoms with Gasteiger partial charge in [0, 0.05) is 11.9 Å². The molecule has 0 aromatic carbocycles. The van der Waals surface area contributed by atoms with E-state index in [0.29, 0.717) is 12.8 Å². The van der Waals surface area contributed by atoms with Crippen molar-refractivity contribution in [3.63, 3.8) is 0 Å². The van der Waals surface area contributed by atoms with Crippen LogP contribution < -0.4 is 5.73 Å². The topological polar surface area (TPSA) is 88.6 Å². The van der Waals surface area contributed by atoms with Crippen molar-refractivity contribution in [2.24, 2.45) is 10.7 Å². The lowest BCUT2D eigenvalue weighted by molar-refractivity contribution is -0.129. The highest BCUT2D eigenvalue weighted by Crippen LogP contribution is 2.44. The molecular weight excluding hydrogens is 273 g/mol. The Balaban J connectivity index is 2.36. The molecule has 1 aromatic rings. The van der Waals surface area contributed by atoms with Gasteiger partial charge in [0.25, 0.3) is 0 Å². The van der Waals surface area contributed by atoms with Crippen molar-refractivity contribution < 1.29 is 14.3 Å². The van der Waals surface area contributed by atoms with Gasteiger partial charge in [-0.2, -0.15) is 0 Å². The fourth-order valence-corrected chi connectivity index (χ4v) is 1.55. The van der Waals surface area contributed by atoms with Gasteiger partial charge >= 0.3 is 5.97 Å². The van der Waals surface area contributed by atoms with Gasteiger partial charge in [-0.25, -0.2) is 19.2 Å². The highest BCUT2D eigenvalue weighted by Gasteiger charge is 2.46. The van der Waals surface area contributed by atoms with E-state index < -0.39 is 17.3 Å². The number of carboxylic acid groups (broad SMARTS) is 1. The molecule has 1 heterocycles. The van der Waals surface area contributed by atoms with Crippen LogP contribution in [-0.2, 0) is 4.79 Å². The molecule has 0 spiro atoms. The van der Waals surface area contributed by atoms with Crippen molar-refractivity contribution in [2.45, 2.75) is 18.5 Å². The van der Waals surface area contributed by atoms with Crippen LogP contribution in [0.1, 0.15) is 12.8 Å². The minimum Gasteiger partial charge on any atom is -0.477 e. The SMILES string of the molecule is N/C(=C\C(=N\c1ncccc1Cl)C(=O)O)C1(F)CC1.